The van der Waals surface area contributed by atoms with Crippen LogP contribution in [0.2, 0.25) is 0 Å². The van der Waals surface area contributed by atoms with E-state index >= 15 is 0 Å². The number of nitrogens with one attached hydrogen (secondary N) is 1. The Hall–Kier alpha value is -2.68. The monoisotopic (exact) mass is 558 g/mol. The summed E-state index contributed by atoms with van der Waals surface area (Å²) in [6, 6.07) is 20.9. The van der Waals surface area contributed by atoms with E-state index < -0.39 is 10.0 Å². The van der Waals surface area contributed by atoms with E-state index in [9.17, 15) is 13.2 Å². The maximum atomic E-state index is 13.0. The normalized spacial score (nSPS) is 11.4. The summed E-state index contributed by atoms with van der Waals surface area (Å²) >= 11 is 3.41. The van der Waals surface area contributed by atoms with Gasteiger partial charge in [-0.3, -0.25) is 4.79 Å². The Kier molecular flexibility index (Phi) is 9.89. The molecule has 0 aliphatic heterocycles. The van der Waals surface area contributed by atoms with Crippen molar-refractivity contribution in [2.45, 2.75) is 44.0 Å². The molecule has 0 atom stereocenters. The number of halogens is 1. The van der Waals surface area contributed by atoms with Gasteiger partial charge in [-0.15, -0.1) is 0 Å². The van der Waals surface area contributed by atoms with Gasteiger partial charge in [0.25, 0.3) is 5.91 Å². The van der Waals surface area contributed by atoms with Crippen molar-refractivity contribution in [3.05, 3.63) is 88.4 Å². The molecule has 0 heterocycles. The summed E-state index contributed by atoms with van der Waals surface area (Å²) in [6.07, 6.45) is 4.32. The Bertz CT molecular complexity index is 1220. The van der Waals surface area contributed by atoms with E-state index in [2.05, 4.69) is 28.2 Å². The maximum Gasteiger partial charge on any atom is 0.259 e. The summed E-state index contributed by atoms with van der Waals surface area (Å²) in [6.45, 7) is 2.97. The topological polar surface area (TPSA) is 75.7 Å². The minimum absolute atomic E-state index is 0.160. The molecular formula is C27H31BrN2O4S. The zero-order chi connectivity index (χ0) is 25.3. The number of unbranched alkanes of at least 4 members (excludes halogenated alkanes) is 3. The molecule has 0 unspecified atom stereocenters. The molecule has 3 rings (SSSR count). The Labute approximate surface area is 216 Å². The molecule has 35 heavy (non-hydrogen) atoms. The van der Waals surface area contributed by atoms with Crippen LogP contribution in [0.4, 0.5) is 5.69 Å². The Morgan fingerprint density at radius 1 is 0.971 bits per heavy atom. The fraction of sp³-hybridized carbons (Fsp3) is 0.296. The molecule has 0 spiro atoms. The summed E-state index contributed by atoms with van der Waals surface area (Å²) in [5.74, 6) is 0.190. The van der Waals surface area contributed by atoms with Crippen LogP contribution in [0.3, 0.4) is 0 Å². The SMILES string of the molecule is CCCCCCOc1ccc(Br)cc1C(=O)Nc1ccc(S(=O)(=O)N(C)Cc2ccccc2)cc1. The number of carbonyl (C=O) groups is 1. The lowest BCUT2D eigenvalue weighted by atomic mass is 10.1. The van der Waals surface area contributed by atoms with Gasteiger partial charge in [-0.05, 0) is 54.4 Å². The van der Waals surface area contributed by atoms with Gasteiger partial charge in [0.2, 0.25) is 10.0 Å². The molecule has 0 radical (unpaired) electrons. The third-order valence-electron chi connectivity index (χ3n) is 5.51. The molecule has 0 aliphatic carbocycles. The predicted molar refractivity (Wildman–Crippen MR) is 143 cm³/mol. The summed E-state index contributed by atoms with van der Waals surface area (Å²) in [4.78, 5) is 13.1. The van der Waals surface area contributed by atoms with Crippen LogP contribution in [0.25, 0.3) is 0 Å². The largest absolute Gasteiger partial charge is 0.493 e. The summed E-state index contributed by atoms with van der Waals surface area (Å²) < 4.78 is 33.9. The number of nitrogens with zero attached hydrogens (tertiary/aromatic N) is 1. The van der Waals surface area contributed by atoms with Crippen LogP contribution < -0.4 is 10.1 Å². The van der Waals surface area contributed by atoms with Gasteiger partial charge in [0.05, 0.1) is 17.1 Å². The van der Waals surface area contributed by atoms with Gasteiger partial charge in [0.15, 0.2) is 0 Å². The van der Waals surface area contributed by atoms with Crippen molar-refractivity contribution < 1.29 is 17.9 Å². The highest BCUT2D eigenvalue weighted by molar-refractivity contribution is 9.10. The average molecular weight is 560 g/mol. The van der Waals surface area contributed by atoms with Crippen molar-refractivity contribution in [1.82, 2.24) is 4.31 Å². The number of rotatable bonds is 12. The molecule has 8 heteroatoms. The molecule has 1 amide bonds. The first-order chi connectivity index (χ1) is 16.8. The molecule has 3 aromatic carbocycles. The lowest BCUT2D eigenvalue weighted by molar-refractivity contribution is 0.102. The zero-order valence-electron chi connectivity index (χ0n) is 20.0. The molecular weight excluding hydrogens is 528 g/mol. The first-order valence-electron chi connectivity index (χ1n) is 11.7. The van der Waals surface area contributed by atoms with Gasteiger partial charge in [-0.1, -0.05) is 72.4 Å². The van der Waals surface area contributed by atoms with Crippen molar-refractivity contribution >= 4 is 37.5 Å². The molecule has 6 nitrogen and oxygen atoms in total. The number of hydrogen-bond donors (Lipinski definition) is 1. The predicted octanol–water partition coefficient (Wildman–Crippen LogP) is 6.48. The minimum Gasteiger partial charge on any atom is -0.493 e. The number of ether oxygens (including phenoxy) is 1. The van der Waals surface area contributed by atoms with Crippen LogP contribution in [0.15, 0.2) is 82.2 Å². The number of sulfonamides is 1. The Morgan fingerprint density at radius 2 is 1.69 bits per heavy atom. The molecule has 0 aromatic heterocycles. The fourth-order valence-corrected chi connectivity index (χ4v) is 5.05. The molecule has 0 saturated carbocycles. The molecule has 0 bridgehead atoms. The highest BCUT2D eigenvalue weighted by Gasteiger charge is 2.21. The standard InChI is InChI=1S/C27H31BrN2O4S/c1-3-4-5-9-18-34-26-17-12-22(28)19-25(26)27(31)29-23-13-15-24(16-14-23)35(32,33)30(2)20-21-10-7-6-8-11-21/h6-8,10-17,19H,3-5,9,18,20H2,1-2H3,(H,29,31). The van der Waals surface area contributed by atoms with Gasteiger partial charge < -0.3 is 10.1 Å². The second kappa shape index (κ2) is 12.9. The maximum absolute atomic E-state index is 13.0. The molecule has 3 aromatic rings. The van der Waals surface area contributed by atoms with Crippen molar-refractivity contribution in [1.29, 1.82) is 0 Å². The first kappa shape index (κ1) is 26.9. The first-order valence-corrected chi connectivity index (χ1v) is 13.9. The molecule has 1 N–H and O–H groups in total. The fourth-order valence-electron chi connectivity index (χ4n) is 3.53. The summed E-state index contributed by atoms with van der Waals surface area (Å²) in [5, 5.41) is 2.84. The highest BCUT2D eigenvalue weighted by atomic mass is 79.9. The van der Waals surface area contributed by atoms with Crippen molar-refractivity contribution in [3.8, 4) is 5.75 Å². The second-order valence-electron chi connectivity index (χ2n) is 8.27. The lowest BCUT2D eigenvalue weighted by Gasteiger charge is -2.17. The number of anilines is 1. The van der Waals surface area contributed by atoms with Gasteiger partial charge in [-0.25, -0.2) is 8.42 Å². The Balaban J connectivity index is 1.67. The van der Waals surface area contributed by atoms with Crippen LogP contribution in [-0.4, -0.2) is 32.3 Å². The number of hydrogen-bond acceptors (Lipinski definition) is 4. The van der Waals surface area contributed by atoms with E-state index in [1.54, 1.807) is 31.3 Å². The van der Waals surface area contributed by atoms with E-state index in [-0.39, 0.29) is 17.3 Å². The van der Waals surface area contributed by atoms with E-state index in [1.807, 2.05) is 36.4 Å². The quantitative estimate of drug-likeness (QED) is 0.258. The van der Waals surface area contributed by atoms with E-state index in [4.69, 9.17) is 4.74 Å². The minimum atomic E-state index is -3.67. The lowest BCUT2D eigenvalue weighted by Crippen LogP contribution is -2.26. The van der Waals surface area contributed by atoms with Gasteiger partial charge in [-0.2, -0.15) is 4.31 Å². The zero-order valence-corrected chi connectivity index (χ0v) is 22.4. The van der Waals surface area contributed by atoms with Gasteiger partial charge in [0, 0.05) is 23.8 Å². The number of benzene rings is 3. The van der Waals surface area contributed by atoms with E-state index in [0.29, 0.717) is 23.6 Å². The smallest absolute Gasteiger partial charge is 0.259 e. The molecule has 0 saturated heterocycles. The third kappa shape index (κ3) is 7.65. The van der Waals surface area contributed by atoms with Crippen LogP contribution in [0.5, 0.6) is 5.75 Å². The summed E-state index contributed by atoms with van der Waals surface area (Å²) in [7, 11) is -2.12. The third-order valence-corrected chi connectivity index (χ3v) is 7.82. The van der Waals surface area contributed by atoms with Crippen molar-refractivity contribution in [3.63, 3.8) is 0 Å². The summed E-state index contributed by atoms with van der Waals surface area (Å²) in [5.41, 5.74) is 1.81. The average Bonchev–Trinajstić information content (AvgIpc) is 2.85. The molecule has 0 aliphatic rings. The van der Waals surface area contributed by atoms with E-state index in [1.165, 1.54) is 16.4 Å². The van der Waals surface area contributed by atoms with E-state index in [0.717, 1.165) is 35.7 Å². The van der Waals surface area contributed by atoms with Crippen molar-refractivity contribution in [2.75, 3.05) is 19.0 Å². The molecule has 186 valence electrons. The van der Waals surface area contributed by atoms with Crippen LogP contribution in [0, 0.1) is 0 Å². The highest BCUT2D eigenvalue weighted by Crippen LogP contribution is 2.26. The molecule has 0 fully saturated rings. The van der Waals surface area contributed by atoms with Gasteiger partial charge >= 0.3 is 0 Å². The number of carbonyl (C=O) groups excluding carboxylic acids is 1. The Morgan fingerprint density at radius 3 is 2.37 bits per heavy atom. The second-order valence-corrected chi connectivity index (χ2v) is 11.2. The van der Waals surface area contributed by atoms with Crippen LogP contribution >= 0.6 is 15.9 Å². The van der Waals surface area contributed by atoms with Crippen molar-refractivity contribution in [2.24, 2.45) is 0 Å². The van der Waals surface area contributed by atoms with Gasteiger partial charge in [0.1, 0.15) is 5.75 Å². The van der Waals surface area contributed by atoms with Crippen LogP contribution in [-0.2, 0) is 16.6 Å². The van der Waals surface area contributed by atoms with Crippen LogP contribution in [0.1, 0.15) is 48.5 Å². The number of amides is 1.